The number of nitrogens with one attached hydrogen (secondary N) is 1. The van der Waals surface area contributed by atoms with Gasteiger partial charge in [0, 0.05) is 23.1 Å². The molecule has 1 aromatic rings. The van der Waals surface area contributed by atoms with Crippen molar-refractivity contribution < 1.29 is 9.47 Å². The van der Waals surface area contributed by atoms with Crippen molar-refractivity contribution in [1.82, 2.24) is 5.32 Å². The first-order valence-corrected chi connectivity index (χ1v) is 6.27. The van der Waals surface area contributed by atoms with Crippen LogP contribution in [-0.2, 0) is 5.41 Å². The molecule has 0 spiro atoms. The summed E-state index contributed by atoms with van der Waals surface area (Å²) in [6.07, 6.45) is 0. The van der Waals surface area contributed by atoms with Gasteiger partial charge in [0.1, 0.15) is 11.5 Å². The van der Waals surface area contributed by atoms with Crippen LogP contribution in [0, 0.1) is 18.3 Å². The summed E-state index contributed by atoms with van der Waals surface area (Å²) in [7, 11) is 3.32. The Kier molecular flexibility index (Phi) is 5.20. The SMILES string of the molecule is COc1ccc(C(C)(C)CNCC#N)c(OC)c1C. The van der Waals surface area contributed by atoms with Crippen LogP contribution in [0.3, 0.4) is 0 Å². The van der Waals surface area contributed by atoms with Crippen LogP contribution >= 0.6 is 0 Å². The topological polar surface area (TPSA) is 54.3 Å². The van der Waals surface area contributed by atoms with Crippen LogP contribution in [0.5, 0.6) is 11.5 Å². The normalized spacial score (nSPS) is 10.9. The molecule has 0 heterocycles. The minimum absolute atomic E-state index is 0.126. The molecule has 0 bridgehead atoms. The number of benzene rings is 1. The summed E-state index contributed by atoms with van der Waals surface area (Å²) in [5.41, 5.74) is 1.98. The van der Waals surface area contributed by atoms with Gasteiger partial charge in [0.25, 0.3) is 0 Å². The van der Waals surface area contributed by atoms with Gasteiger partial charge in [0.05, 0.1) is 26.8 Å². The maximum absolute atomic E-state index is 8.59. The first-order chi connectivity index (χ1) is 8.97. The number of hydrogen-bond donors (Lipinski definition) is 1. The molecule has 0 aromatic heterocycles. The smallest absolute Gasteiger partial charge is 0.129 e. The summed E-state index contributed by atoms with van der Waals surface area (Å²) >= 11 is 0. The highest BCUT2D eigenvalue weighted by Crippen LogP contribution is 2.37. The van der Waals surface area contributed by atoms with E-state index in [1.54, 1.807) is 14.2 Å². The van der Waals surface area contributed by atoms with Crippen LogP contribution in [0.2, 0.25) is 0 Å². The maximum Gasteiger partial charge on any atom is 0.129 e. The number of hydrogen-bond acceptors (Lipinski definition) is 4. The number of rotatable bonds is 6. The third-order valence-electron chi connectivity index (χ3n) is 3.28. The molecule has 19 heavy (non-hydrogen) atoms. The lowest BCUT2D eigenvalue weighted by atomic mass is 9.82. The largest absolute Gasteiger partial charge is 0.496 e. The number of nitrogens with zero attached hydrogens (tertiary/aromatic N) is 1. The minimum atomic E-state index is -0.126. The highest BCUT2D eigenvalue weighted by Gasteiger charge is 2.26. The number of ether oxygens (including phenoxy) is 2. The fourth-order valence-electron chi connectivity index (χ4n) is 2.22. The maximum atomic E-state index is 8.59. The molecule has 0 saturated heterocycles. The molecular formula is C15H22N2O2. The molecule has 0 aliphatic rings. The Morgan fingerprint density at radius 2 is 1.95 bits per heavy atom. The van der Waals surface area contributed by atoms with Gasteiger partial charge in [-0.3, -0.25) is 0 Å². The average Bonchev–Trinajstić information content (AvgIpc) is 2.38. The molecule has 1 aromatic carbocycles. The van der Waals surface area contributed by atoms with E-state index in [9.17, 15) is 0 Å². The summed E-state index contributed by atoms with van der Waals surface area (Å²) in [6.45, 7) is 7.30. The van der Waals surface area contributed by atoms with Gasteiger partial charge in [-0.1, -0.05) is 19.9 Å². The molecular weight excluding hydrogens is 240 g/mol. The molecule has 1 N–H and O–H groups in total. The van der Waals surface area contributed by atoms with Gasteiger partial charge in [-0.05, 0) is 13.0 Å². The summed E-state index contributed by atoms with van der Waals surface area (Å²) in [5.74, 6) is 1.67. The van der Waals surface area contributed by atoms with Gasteiger partial charge in [-0.25, -0.2) is 0 Å². The van der Waals surface area contributed by atoms with Gasteiger partial charge < -0.3 is 14.8 Å². The highest BCUT2D eigenvalue weighted by molar-refractivity contribution is 5.52. The van der Waals surface area contributed by atoms with Gasteiger partial charge in [-0.15, -0.1) is 0 Å². The Morgan fingerprint density at radius 3 is 2.47 bits per heavy atom. The summed E-state index contributed by atoms with van der Waals surface area (Å²) in [5, 5.41) is 11.7. The quantitative estimate of drug-likeness (QED) is 0.632. The molecule has 0 unspecified atom stereocenters. The monoisotopic (exact) mass is 262 g/mol. The minimum Gasteiger partial charge on any atom is -0.496 e. The zero-order chi connectivity index (χ0) is 14.5. The van der Waals surface area contributed by atoms with Crippen molar-refractivity contribution in [2.45, 2.75) is 26.2 Å². The summed E-state index contributed by atoms with van der Waals surface area (Å²) in [6, 6.07) is 6.07. The molecule has 4 nitrogen and oxygen atoms in total. The van der Waals surface area contributed by atoms with E-state index >= 15 is 0 Å². The van der Waals surface area contributed by atoms with Gasteiger partial charge in [0.15, 0.2) is 0 Å². The van der Waals surface area contributed by atoms with Gasteiger partial charge in [0.2, 0.25) is 0 Å². The van der Waals surface area contributed by atoms with E-state index in [0.29, 0.717) is 13.1 Å². The molecule has 0 saturated carbocycles. The van der Waals surface area contributed by atoms with E-state index in [0.717, 1.165) is 22.6 Å². The number of methoxy groups -OCH3 is 2. The third-order valence-corrected chi connectivity index (χ3v) is 3.28. The molecule has 0 aliphatic heterocycles. The van der Waals surface area contributed by atoms with Crippen molar-refractivity contribution in [3.8, 4) is 17.6 Å². The van der Waals surface area contributed by atoms with E-state index in [2.05, 4.69) is 25.2 Å². The van der Waals surface area contributed by atoms with Crippen molar-refractivity contribution in [1.29, 1.82) is 5.26 Å². The molecule has 0 aliphatic carbocycles. The fourth-order valence-corrected chi connectivity index (χ4v) is 2.22. The first kappa shape index (κ1) is 15.3. The van der Waals surface area contributed by atoms with Crippen LogP contribution in [0.15, 0.2) is 12.1 Å². The fraction of sp³-hybridized carbons (Fsp3) is 0.533. The second-order valence-corrected chi connectivity index (χ2v) is 5.12. The second-order valence-electron chi connectivity index (χ2n) is 5.12. The van der Waals surface area contributed by atoms with Crippen molar-refractivity contribution >= 4 is 0 Å². The van der Waals surface area contributed by atoms with E-state index in [1.165, 1.54) is 0 Å². The zero-order valence-corrected chi connectivity index (χ0v) is 12.3. The molecule has 1 rings (SSSR count). The standard InChI is InChI=1S/C15H22N2O2/c1-11-13(18-4)7-6-12(14(11)19-5)15(2,3)10-17-9-8-16/h6-7,17H,9-10H2,1-5H3. The molecule has 0 amide bonds. The lowest BCUT2D eigenvalue weighted by Gasteiger charge is -2.28. The molecule has 4 heteroatoms. The summed E-state index contributed by atoms with van der Waals surface area (Å²) < 4.78 is 10.9. The van der Waals surface area contributed by atoms with Gasteiger partial charge >= 0.3 is 0 Å². The predicted molar refractivity (Wildman–Crippen MR) is 75.8 cm³/mol. The van der Waals surface area contributed by atoms with Crippen LogP contribution in [-0.4, -0.2) is 27.3 Å². The van der Waals surface area contributed by atoms with E-state index < -0.39 is 0 Å². The summed E-state index contributed by atoms with van der Waals surface area (Å²) in [4.78, 5) is 0. The van der Waals surface area contributed by atoms with Crippen LogP contribution < -0.4 is 14.8 Å². The Hall–Kier alpha value is -1.73. The third kappa shape index (κ3) is 3.39. The lowest BCUT2D eigenvalue weighted by Crippen LogP contribution is -2.33. The average molecular weight is 262 g/mol. The lowest BCUT2D eigenvalue weighted by molar-refractivity contribution is 0.371. The Bertz CT molecular complexity index is 476. The van der Waals surface area contributed by atoms with Crippen molar-refractivity contribution in [2.75, 3.05) is 27.3 Å². The Balaban J connectivity index is 3.12. The molecule has 0 atom stereocenters. The highest BCUT2D eigenvalue weighted by atomic mass is 16.5. The second kappa shape index (κ2) is 6.44. The molecule has 0 radical (unpaired) electrons. The van der Waals surface area contributed by atoms with Crippen molar-refractivity contribution in [3.63, 3.8) is 0 Å². The molecule has 0 fully saturated rings. The van der Waals surface area contributed by atoms with Crippen LogP contribution in [0.1, 0.15) is 25.0 Å². The predicted octanol–water partition coefficient (Wildman–Crippen LogP) is 2.40. The Labute approximate surface area is 115 Å². The molecule has 104 valence electrons. The van der Waals surface area contributed by atoms with Crippen molar-refractivity contribution in [3.05, 3.63) is 23.3 Å². The van der Waals surface area contributed by atoms with Crippen LogP contribution in [0.4, 0.5) is 0 Å². The van der Waals surface area contributed by atoms with E-state index in [4.69, 9.17) is 14.7 Å². The first-order valence-electron chi connectivity index (χ1n) is 6.27. The Morgan fingerprint density at radius 1 is 1.26 bits per heavy atom. The van der Waals surface area contributed by atoms with Crippen LogP contribution in [0.25, 0.3) is 0 Å². The number of nitriles is 1. The van der Waals surface area contributed by atoms with Crippen molar-refractivity contribution in [2.24, 2.45) is 0 Å². The van der Waals surface area contributed by atoms with Gasteiger partial charge in [-0.2, -0.15) is 5.26 Å². The van der Waals surface area contributed by atoms with E-state index in [1.807, 2.05) is 19.1 Å². The zero-order valence-electron chi connectivity index (χ0n) is 12.3. The van der Waals surface area contributed by atoms with E-state index in [-0.39, 0.29) is 5.41 Å².